The summed E-state index contributed by atoms with van der Waals surface area (Å²) >= 11 is 3.38. The van der Waals surface area contributed by atoms with E-state index in [0.29, 0.717) is 11.8 Å². The van der Waals surface area contributed by atoms with Crippen molar-refractivity contribution in [2.24, 2.45) is 0 Å². The number of aliphatic hydroxyl groups excluding tert-OH is 1. The molecule has 6 heteroatoms. The van der Waals surface area contributed by atoms with Gasteiger partial charge in [-0.15, -0.1) is 0 Å². The van der Waals surface area contributed by atoms with Crippen LogP contribution in [-0.2, 0) is 0 Å². The fourth-order valence-electron chi connectivity index (χ4n) is 1.46. The van der Waals surface area contributed by atoms with Crippen LogP contribution in [0.4, 0.5) is 17.5 Å². The second kappa shape index (κ2) is 6.49. The summed E-state index contributed by atoms with van der Waals surface area (Å²) < 4.78 is 0.756. The van der Waals surface area contributed by atoms with Crippen molar-refractivity contribution in [3.63, 3.8) is 0 Å². The summed E-state index contributed by atoms with van der Waals surface area (Å²) in [6.07, 6.45) is 1.67. The van der Waals surface area contributed by atoms with E-state index in [4.69, 9.17) is 5.11 Å². The highest BCUT2D eigenvalue weighted by molar-refractivity contribution is 9.10. The molecule has 0 saturated carbocycles. The van der Waals surface area contributed by atoms with Gasteiger partial charge in [0.2, 0.25) is 5.95 Å². The number of anilines is 3. The molecule has 5 nitrogen and oxygen atoms in total. The monoisotopic (exact) mass is 322 g/mol. The van der Waals surface area contributed by atoms with Gasteiger partial charge in [-0.05, 0) is 35.0 Å². The van der Waals surface area contributed by atoms with Gasteiger partial charge in [-0.2, -0.15) is 4.98 Å². The lowest BCUT2D eigenvalue weighted by molar-refractivity contribution is 0.281. The van der Waals surface area contributed by atoms with Gasteiger partial charge in [0, 0.05) is 17.9 Å². The third-order valence-corrected chi connectivity index (χ3v) is 3.01. The molecule has 19 heavy (non-hydrogen) atoms. The minimum absolute atomic E-state index is 0.0396. The van der Waals surface area contributed by atoms with Crippen molar-refractivity contribution >= 4 is 33.4 Å². The number of benzene rings is 1. The Bertz CT molecular complexity index is 535. The molecule has 0 aliphatic carbocycles. The highest BCUT2D eigenvalue weighted by Gasteiger charge is 2.08. The number of nitrogens with one attached hydrogen (secondary N) is 2. The number of nitrogens with zero attached hydrogens (tertiary/aromatic N) is 2. The SMILES string of the molecule is C[C@H](CO)Nc1nc(Nc2ccccc2)ncc1Br. The van der Waals surface area contributed by atoms with E-state index in [0.717, 1.165) is 10.2 Å². The maximum absolute atomic E-state index is 9.05. The van der Waals surface area contributed by atoms with Crippen molar-refractivity contribution < 1.29 is 5.11 Å². The summed E-state index contributed by atoms with van der Waals surface area (Å²) in [5.41, 5.74) is 0.922. The number of aromatic nitrogens is 2. The van der Waals surface area contributed by atoms with E-state index in [1.165, 1.54) is 0 Å². The molecule has 0 saturated heterocycles. The smallest absolute Gasteiger partial charge is 0.229 e. The minimum Gasteiger partial charge on any atom is -0.394 e. The molecule has 1 aromatic carbocycles. The Morgan fingerprint density at radius 3 is 2.74 bits per heavy atom. The van der Waals surface area contributed by atoms with Gasteiger partial charge in [0.25, 0.3) is 0 Å². The van der Waals surface area contributed by atoms with E-state index >= 15 is 0 Å². The second-order valence-electron chi connectivity index (χ2n) is 4.11. The lowest BCUT2D eigenvalue weighted by Gasteiger charge is -2.14. The first-order valence-electron chi connectivity index (χ1n) is 5.91. The molecule has 3 N–H and O–H groups in total. The van der Waals surface area contributed by atoms with Crippen LogP contribution in [0.25, 0.3) is 0 Å². The summed E-state index contributed by atoms with van der Waals surface area (Å²) in [5.74, 6) is 1.15. The molecule has 0 aliphatic heterocycles. The Kier molecular flexibility index (Phi) is 4.70. The van der Waals surface area contributed by atoms with Crippen molar-refractivity contribution in [2.75, 3.05) is 17.2 Å². The first kappa shape index (κ1) is 13.8. The Balaban J connectivity index is 2.16. The lowest BCUT2D eigenvalue weighted by Crippen LogP contribution is -2.20. The van der Waals surface area contributed by atoms with Crippen molar-refractivity contribution in [2.45, 2.75) is 13.0 Å². The fourth-order valence-corrected chi connectivity index (χ4v) is 1.76. The zero-order valence-electron chi connectivity index (χ0n) is 10.5. The van der Waals surface area contributed by atoms with Crippen LogP contribution in [-0.4, -0.2) is 27.7 Å². The topological polar surface area (TPSA) is 70.1 Å². The molecule has 1 heterocycles. The van der Waals surface area contributed by atoms with Gasteiger partial charge >= 0.3 is 0 Å². The molecule has 0 radical (unpaired) electrons. The standard InChI is InChI=1S/C13H15BrN4O/c1-9(8-19)16-12-11(14)7-15-13(18-12)17-10-5-3-2-4-6-10/h2-7,9,19H,8H2,1H3,(H2,15,16,17,18)/t9-/m1/s1. The summed E-state index contributed by atoms with van der Waals surface area (Å²) in [7, 11) is 0. The summed E-state index contributed by atoms with van der Waals surface area (Å²) in [4.78, 5) is 8.56. The van der Waals surface area contributed by atoms with Crippen LogP contribution in [0.1, 0.15) is 6.92 Å². The molecule has 0 fully saturated rings. The fraction of sp³-hybridized carbons (Fsp3) is 0.231. The Morgan fingerprint density at radius 1 is 1.32 bits per heavy atom. The molecule has 0 amide bonds. The maximum Gasteiger partial charge on any atom is 0.229 e. The lowest BCUT2D eigenvalue weighted by atomic mass is 10.3. The predicted molar refractivity (Wildman–Crippen MR) is 79.6 cm³/mol. The molecule has 1 aromatic heterocycles. The van der Waals surface area contributed by atoms with Crippen LogP contribution in [0.2, 0.25) is 0 Å². The van der Waals surface area contributed by atoms with Crippen molar-refractivity contribution in [3.8, 4) is 0 Å². The molecular formula is C13H15BrN4O. The van der Waals surface area contributed by atoms with E-state index in [1.807, 2.05) is 37.3 Å². The number of aliphatic hydroxyl groups is 1. The molecule has 0 spiro atoms. The first-order chi connectivity index (χ1) is 9.19. The zero-order valence-corrected chi connectivity index (χ0v) is 12.1. The average Bonchev–Trinajstić information content (AvgIpc) is 2.43. The quantitative estimate of drug-likeness (QED) is 0.789. The van der Waals surface area contributed by atoms with Gasteiger partial charge in [0.05, 0.1) is 11.1 Å². The minimum atomic E-state index is -0.0734. The van der Waals surface area contributed by atoms with Gasteiger partial charge in [0.15, 0.2) is 0 Å². The van der Waals surface area contributed by atoms with E-state index < -0.39 is 0 Å². The van der Waals surface area contributed by atoms with Gasteiger partial charge < -0.3 is 15.7 Å². The van der Waals surface area contributed by atoms with Crippen molar-refractivity contribution in [3.05, 3.63) is 41.0 Å². The van der Waals surface area contributed by atoms with Crippen LogP contribution < -0.4 is 10.6 Å². The number of para-hydroxylation sites is 1. The molecule has 100 valence electrons. The Hall–Kier alpha value is -1.66. The van der Waals surface area contributed by atoms with E-state index in [2.05, 4.69) is 36.5 Å². The van der Waals surface area contributed by atoms with Gasteiger partial charge in [-0.1, -0.05) is 18.2 Å². The van der Waals surface area contributed by atoms with E-state index in [9.17, 15) is 0 Å². The van der Waals surface area contributed by atoms with Gasteiger partial charge in [0.1, 0.15) is 5.82 Å². The predicted octanol–water partition coefficient (Wildman–Crippen LogP) is 2.78. The average molecular weight is 323 g/mol. The zero-order chi connectivity index (χ0) is 13.7. The number of rotatable bonds is 5. The van der Waals surface area contributed by atoms with Crippen LogP contribution in [0, 0.1) is 0 Å². The number of halogens is 1. The summed E-state index contributed by atoms with van der Waals surface area (Å²) in [5, 5.41) is 15.3. The number of hydrogen-bond donors (Lipinski definition) is 3. The normalized spacial score (nSPS) is 11.9. The molecule has 0 unspecified atom stereocenters. The van der Waals surface area contributed by atoms with Crippen molar-refractivity contribution in [1.82, 2.24) is 9.97 Å². The van der Waals surface area contributed by atoms with E-state index in [-0.39, 0.29) is 12.6 Å². The van der Waals surface area contributed by atoms with Crippen molar-refractivity contribution in [1.29, 1.82) is 0 Å². The molecular weight excluding hydrogens is 308 g/mol. The first-order valence-corrected chi connectivity index (χ1v) is 6.70. The molecule has 2 rings (SSSR count). The van der Waals surface area contributed by atoms with Crippen LogP contribution >= 0.6 is 15.9 Å². The summed E-state index contributed by atoms with van der Waals surface area (Å²) in [6, 6.07) is 9.63. The second-order valence-corrected chi connectivity index (χ2v) is 4.96. The number of hydrogen-bond acceptors (Lipinski definition) is 5. The molecule has 2 aromatic rings. The third kappa shape index (κ3) is 3.90. The Morgan fingerprint density at radius 2 is 2.05 bits per heavy atom. The third-order valence-electron chi connectivity index (χ3n) is 2.43. The molecule has 1 atom stereocenters. The van der Waals surface area contributed by atoms with Crippen LogP contribution in [0.15, 0.2) is 41.0 Å². The highest BCUT2D eigenvalue weighted by Crippen LogP contribution is 2.22. The van der Waals surface area contributed by atoms with E-state index in [1.54, 1.807) is 6.20 Å². The van der Waals surface area contributed by atoms with Crippen LogP contribution in [0.3, 0.4) is 0 Å². The van der Waals surface area contributed by atoms with Gasteiger partial charge in [-0.25, -0.2) is 4.98 Å². The van der Waals surface area contributed by atoms with Gasteiger partial charge in [-0.3, -0.25) is 0 Å². The largest absolute Gasteiger partial charge is 0.394 e. The highest BCUT2D eigenvalue weighted by atomic mass is 79.9. The molecule has 0 aliphatic rings. The summed E-state index contributed by atoms with van der Waals surface area (Å²) in [6.45, 7) is 1.91. The molecule has 0 bridgehead atoms. The van der Waals surface area contributed by atoms with Crippen LogP contribution in [0.5, 0.6) is 0 Å². The Labute approximate surface area is 120 Å². The maximum atomic E-state index is 9.05.